The number of benzene rings is 1. The van der Waals surface area contributed by atoms with Crippen LogP contribution in [0, 0.1) is 5.92 Å². The lowest BCUT2D eigenvalue weighted by molar-refractivity contribution is 0.209. The predicted molar refractivity (Wildman–Crippen MR) is 84.1 cm³/mol. The summed E-state index contributed by atoms with van der Waals surface area (Å²) in [5.74, 6) is 3.15. The fraction of sp³-hybridized carbons (Fsp3) is 0.647. The highest BCUT2D eigenvalue weighted by atomic mass is 16.5. The Kier molecular flexibility index (Phi) is 4.66. The zero-order valence-corrected chi connectivity index (χ0v) is 12.9. The molecule has 0 radical (unpaired) electrons. The van der Waals surface area contributed by atoms with Crippen molar-refractivity contribution in [3.63, 3.8) is 0 Å². The molecule has 2 aliphatic rings. The van der Waals surface area contributed by atoms with Gasteiger partial charge in [-0.1, -0.05) is 12.5 Å². The number of hydrogen-bond donors (Lipinski definition) is 1. The Morgan fingerprint density at radius 1 is 1.29 bits per heavy atom. The molecule has 4 heteroatoms. The summed E-state index contributed by atoms with van der Waals surface area (Å²) in [5, 5.41) is 0. The van der Waals surface area contributed by atoms with Crippen molar-refractivity contribution < 1.29 is 9.47 Å². The van der Waals surface area contributed by atoms with Gasteiger partial charge in [-0.25, -0.2) is 0 Å². The van der Waals surface area contributed by atoms with Gasteiger partial charge in [0.1, 0.15) is 11.5 Å². The van der Waals surface area contributed by atoms with Gasteiger partial charge in [0.05, 0.1) is 13.7 Å². The molecule has 1 fully saturated rings. The number of hydrogen-bond acceptors (Lipinski definition) is 4. The lowest BCUT2D eigenvalue weighted by atomic mass is 9.86. The quantitative estimate of drug-likeness (QED) is 0.816. The molecule has 0 bridgehead atoms. The van der Waals surface area contributed by atoms with E-state index in [4.69, 9.17) is 15.2 Å². The topological polar surface area (TPSA) is 47.7 Å². The highest BCUT2D eigenvalue weighted by Crippen LogP contribution is 2.45. The minimum absolute atomic E-state index is 0.555. The Labute approximate surface area is 127 Å². The molecule has 0 spiro atoms. The Bertz CT molecular complexity index is 464. The monoisotopic (exact) mass is 290 g/mol. The van der Waals surface area contributed by atoms with Crippen LogP contribution in [-0.4, -0.2) is 44.8 Å². The van der Waals surface area contributed by atoms with Gasteiger partial charge in [0.25, 0.3) is 0 Å². The lowest BCUT2D eigenvalue weighted by Gasteiger charge is -2.29. The third-order valence-corrected chi connectivity index (χ3v) is 4.76. The van der Waals surface area contributed by atoms with E-state index < -0.39 is 0 Å². The molecule has 2 atom stereocenters. The van der Waals surface area contributed by atoms with Crippen LogP contribution in [0.15, 0.2) is 18.2 Å². The van der Waals surface area contributed by atoms with Gasteiger partial charge >= 0.3 is 0 Å². The maximum Gasteiger partial charge on any atom is 0.126 e. The smallest absolute Gasteiger partial charge is 0.126 e. The summed E-state index contributed by atoms with van der Waals surface area (Å²) in [6.07, 6.45) is 3.62. The Balaban J connectivity index is 1.68. The van der Waals surface area contributed by atoms with E-state index in [9.17, 15) is 0 Å². The van der Waals surface area contributed by atoms with Crippen molar-refractivity contribution in [2.24, 2.45) is 11.7 Å². The number of methoxy groups -OCH3 is 1. The number of ether oxygens (including phenoxy) is 2. The molecule has 1 saturated heterocycles. The average Bonchev–Trinajstić information content (AvgIpc) is 2.94. The molecule has 0 amide bonds. The molecule has 2 N–H and O–H groups in total. The highest BCUT2D eigenvalue weighted by molar-refractivity contribution is 5.49. The summed E-state index contributed by atoms with van der Waals surface area (Å²) in [6.45, 7) is 5.10. The Hall–Kier alpha value is -1.26. The lowest BCUT2D eigenvalue weighted by Crippen LogP contribution is -2.25. The number of likely N-dealkylation sites (tertiary alicyclic amines) is 1. The third kappa shape index (κ3) is 3.01. The maximum atomic E-state index is 5.95. The first-order valence-electron chi connectivity index (χ1n) is 8.05. The van der Waals surface area contributed by atoms with E-state index in [1.165, 1.54) is 24.9 Å². The Morgan fingerprint density at radius 2 is 2.19 bits per heavy atom. The molecule has 0 unspecified atom stereocenters. The van der Waals surface area contributed by atoms with Crippen LogP contribution in [0.25, 0.3) is 0 Å². The molecular weight excluding hydrogens is 264 g/mol. The van der Waals surface area contributed by atoms with Crippen LogP contribution >= 0.6 is 0 Å². The zero-order chi connectivity index (χ0) is 14.7. The number of unbranched alkanes of at least 4 members (excludes halogenated alkanes) is 2. The van der Waals surface area contributed by atoms with Crippen molar-refractivity contribution in [3.8, 4) is 11.5 Å². The van der Waals surface area contributed by atoms with Crippen molar-refractivity contribution in [2.75, 3.05) is 39.9 Å². The van der Waals surface area contributed by atoms with E-state index in [2.05, 4.69) is 17.0 Å². The van der Waals surface area contributed by atoms with E-state index in [1.54, 1.807) is 7.11 Å². The summed E-state index contributed by atoms with van der Waals surface area (Å²) < 4.78 is 11.5. The van der Waals surface area contributed by atoms with E-state index in [0.29, 0.717) is 11.8 Å². The van der Waals surface area contributed by atoms with Gasteiger partial charge in [0.15, 0.2) is 0 Å². The van der Waals surface area contributed by atoms with Crippen molar-refractivity contribution in [3.05, 3.63) is 23.8 Å². The van der Waals surface area contributed by atoms with E-state index in [0.717, 1.165) is 44.2 Å². The van der Waals surface area contributed by atoms with E-state index >= 15 is 0 Å². The van der Waals surface area contributed by atoms with E-state index in [1.807, 2.05) is 6.07 Å². The van der Waals surface area contributed by atoms with Gasteiger partial charge < -0.3 is 20.1 Å². The second kappa shape index (κ2) is 6.67. The number of nitrogens with zero attached hydrogens (tertiary/aromatic N) is 1. The molecular formula is C17H26N2O2. The first-order valence-corrected chi connectivity index (χ1v) is 8.05. The summed E-state index contributed by atoms with van der Waals surface area (Å²) in [6, 6.07) is 6.13. The van der Waals surface area contributed by atoms with Crippen molar-refractivity contribution >= 4 is 0 Å². The Morgan fingerprint density at radius 3 is 3.00 bits per heavy atom. The van der Waals surface area contributed by atoms with Crippen LogP contribution in [0.4, 0.5) is 0 Å². The van der Waals surface area contributed by atoms with Crippen LogP contribution < -0.4 is 15.2 Å². The fourth-order valence-electron chi connectivity index (χ4n) is 3.69. The van der Waals surface area contributed by atoms with Crippen LogP contribution in [-0.2, 0) is 0 Å². The fourth-order valence-corrected chi connectivity index (χ4v) is 3.69. The first kappa shape index (κ1) is 14.7. The minimum Gasteiger partial charge on any atom is -0.496 e. The molecule has 21 heavy (non-hydrogen) atoms. The largest absolute Gasteiger partial charge is 0.496 e. The summed E-state index contributed by atoms with van der Waals surface area (Å²) >= 11 is 0. The summed E-state index contributed by atoms with van der Waals surface area (Å²) in [5.41, 5.74) is 6.84. The third-order valence-electron chi connectivity index (χ3n) is 4.76. The van der Waals surface area contributed by atoms with Crippen LogP contribution in [0.2, 0.25) is 0 Å². The molecule has 1 aromatic rings. The molecule has 3 rings (SSSR count). The van der Waals surface area contributed by atoms with Gasteiger partial charge in [-0.2, -0.15) is 0 Å². The molecule has 0 aromatic heterocycles. The molecule has 2 aliphatic heterocycles. The highest BCUT2D eigenvalue weighted by Gasteiger charge is 2.40. The summed E-state index contributed by atoms with van der Waals surface area (Å²) in [7, 11) is 1.75. The maximum absolute atomic E-state index is 5.95. The number of fused-ring (bicyclic) bond motifs is 3. The van der Waals surface area contributed by atoms with Crippen LogP contribution in [0.5, 0.6) is 11.5 Å². The summed E-state index contributed by atoms with van der Waals surface area (Å²) in [4.78, 5) is 2.58. The average molecular weight is 290 g/mol. The van der Waals surface area contributed by atoms with Crippen molar-refractivity contribution in [1.82, 2.24) is 4.90 Å². The van der Waals surface area contributed by atoms with Gasteiger partial charge in [-0.3, -0.25) is 0 Å². The SMILES string of the molecule is COc1cccc2c1[C@H]1CN(CCCCCN)C[C@H]1CO2. The normalized spacial score (nSPS) is 24.3. The predicted octanol–water partition coefficient (Wildman–Crippen LogP) is 2.23. The number of nitrogens with two attached hydrogens (primary N) is 1. The second-order valence-electron chi connectivity index (χ2n) is 6.16. The molecule has 2 heterocycles. The molecule has 0 saturated carbocycles. The molecule has 116 valence electrons. The van der Waals surface area contributed by atoms with Gasteiger partial charge in [0.2, 0.25) is 0 Å². The van der Waals surface area contributed by atoms with Crippen molar-refractivity contribution in [1.29, 1.82) is 0 Å². The van der Waals surface area contributed by atoms with Gasteiger partial charge in [-0.05, 0) is 38.1 Å². The van der Waals surface area contributed by atoms with E-state index in [-0.39, 0.29) is 0 Å². The second-order valence-corrected chi connectivity index (χ2v) is 6.16. The number of rotatable bonds is 6. The first-order chi connectivity index (χ1) is 10.3. The van der Waals surface area contributed by atoms with Crippen molar-refractivity contribution in [2.45, 2.75) is 25.2 Å². The van der Waals surface area contributed by atoms with Crippen LogP contribution in [0.1, 0.15) is 30.7 Å². The minimum atomic E-state index is 0.555. The van der Waals surface area contributed by atoms with Gasteiger partial charge in [-0.15, -0.1) is 0 Å². The molecule has 4 nitrogen and oxygen atoms in total. The molecule has 1 aromatic carbocycles. The van der Waals surface area contributed by atoms with Crippen LogP contribution in [0.3, 0.4) is 0 Å². The van der Waals surface area contributed by atoms with Gasteiger partial charge in [0, 0.05) is 30.5 Å². The standard InChI is InChI=1S/C17H26N2O2/c1-20-15-6-5-7-16-17(15)14-11-19(9-4-2-3-8-18)10-13(14)12-21-16/h5-7,13-14H,2-4,8-12,18H2,1H3/t13-,14-/m0/s1. The zero-order valence-electron chi connectivity index (χ0n) is 12.9. The molecule has 0 aliphatic carbocycles.